The van der Waals surface area contributed by atoms with E-state index in [1.165, 1.54) is 4.90 Å². The summed E-state index contributed by atoms with van der Waals surface area (Å²) in [4.78, 5) is 14.0. The van der Waals surface area contributed by atoms with Crippen LogP contribution in [0.5, 0.6) is 17.2 Å². The van der Waals surface area contributed by atoms with Crippen LogP contribution in [0, 0.1) is 35.5 Å². The van der Waals surface area contributed by atoms with Crippen LogP contribution in [0.4, 0.5) is 0 Å². The second-order valence-electron chi connectivity index (χ2n) is 12.1. The first-order valence-electron chi connectivity index (χ1n) is 15.5. The first-order chi connectivity index (χ1) is 22.9. The van der Waals surface area contributed by atoms with Gasteiger partial charge in [-0.25, -0.2) is 9.65 Å². The van der Waals surface area contributed by atoms with E-state index in [1.807, 2.05) is 89.4 Å². The summed E-state index contributed by atoms with van der Waals surface area (Å²) >= 11 is 15.9. The predicted octanol–water partition coefficient (Wildman–Crippen LogP) is 11.7. The van der Waals surface area contributed by atoms with Crippen molar-refractivity contribution in [1.82, 2.24) is 5.09 Å². The fourth-order valence-electron chi connectivity index (χ4n) is 5.22. The number of benzene rings is 3. The molecule has 0 aromatic heterocycles. The van der Waals surface area contributed by atoms with E-state index in [0.717, 1.165) is 5.56 Å². The minimum atomic E-state index is -3.30. The largest absolute Gasteiger partial charge is 0.458 e. The van der Waals surface area contributed by atoms with Crippen molar-refractivity contribution in [2.24, 2.45) is 17.3 Å². The minimum absolute atomic E-state index is 0.0175. The molecule has 0 heterocycles. The third kappa shape index (κ3) is 12.1. The molecule has 1 N–H and O–H groups in total. The number of thioether (sulfide) groups is 1. The number of esters is 1. The van der Waals surface area contributed by atoms with E-state index in [0.29, 0.717) is 29.4 Å². The van der Waals surface area contributed by atoms with Gasteiger partial charge in [0.05, 0.1) is 17.4 Å². The van der Waals surface area contributed by atoms with E-state index in [4.69, 9.17) is 18.5 Å². The quantitative estimate of drug-likeness (QED) is 0.0775. The zero-order chi connectivity index (χ0) is 36.6. The molecular formula is C35H41Br4N2O6PS. The SMILES string of the molecule is CC1(C)[C@H](C(=O)O[C@H](C#N)c2cccc(Oc3ccccc3)c2)[C@@H]1C(Br)C(Br)(Br)Br.CCOP(=O)(NC(C)C)Oc1ccc(SC)c(C)c1. The smallest absolute Gasteiger partial charge is 0.457 e. The number of para-hydroxylation sites is 1. The summed E-state index contributed by atoms with van der Waals surface area (Å²) in [6, 6.07) is 24.2. The van der Waals surface area contributed by atoms with E-state index in [9.17, 15) is 14.6 Å². The second-order valence-corrected chi connectivity index (χ2v) is 22.6. The molecule has 5 atom stereocenters. The van der Waals surface area contributed by atoms with Crippen molar-refractivity contribution in [3.05, 3.63) is 83.9 Å². The third-order valence-corrected chi connectivity index (χ3v) is 14.9. The van der Waals surface area contributed by atoms with Crippen LogP contribution in [0.25, 0.3) is 0 Å². The predicted molar refractivity (Wildman–Crippen MR) is 211 cm³/mol. The van der Waals surface area contributed by atoms with Crippen molar-refractivity contribution in [2.45, 2.75) is 65.6 Å². The molecule has 49 heavy (non-hydrogen) atoms. The number of aryl methyl sites for hydroxylation is 1. The number of halogens is 4. The fourth-order valence-corrected chi connectivity index (χ4v) is 9.19. The van der Waals surface area contributed by atoms with Gasteiger partial charge < -0.3 is 14.0 Å². The van der Waals surface area contributed by atoms with Gasteiger partial charge in [0.2, 0.25) is 6.10 Å². The van der Waals surface area contributed by atoms with E-state index in [2.05, 4.69) is 74.9 Å². The van der Waals surface area contributed by atoms with Crippen molar-refractivity contribution in [3.8, 4) is 23.3 Å². The molecule has 14 heteroatoms. The topological polar surface area (TPSA) is 107 Å². The molecule has 3 aromatic carbocycles. The monoisotopic (exact) mass is 964 g/mol. The number of ether oxygens (including phenoxy) is 2. The Morgan fingerprint density at radius 3 is 2.24 bits per heavy atom. The van der Waals surface area contributed by atoms with Crippen molar-refractivity contribution in [3.63, 3.8) is 0 Å². The molecule has 1 aliphatic carbocycles. The number of hydrogen-bond donors (Lipinski definition) is 1. The molecule has 266 valence electrons. The molecule has 0 spiro atoms. The van der Waals surface area contributed by atoms with Gasteiger partial charge in [0, 0.05) is 16.5 Å². The highest BCUT2D eigenvalue weighted by Gasteiger charge is 2.67. The Hall–Kier alpha value is -1.36. The van der Waals surface area contributed by atoms with Crippen molar-refractivity contribution < 1.29 is 27.9 Å². The van der Waals surface area contributed by atoms with Gasteiger partial charge >= 0.3 is 13.7 Å². The highest BCUT2D eigenvalue weighted by molar-refractivity contribution is 9.40. The summed E-state index contributed by atoms with van der Waals surface area (Å²) < 4.78 is 34.2. The van der Waals surface area contributed by atoms with Gasteiger partial charge in [0.1, 0.15) is 25.5 Å². The third-order valence-electron chi connectivity index (χ3n) is 7.59. The number of carbonyl (C=O) groups is 1. The first-order valence-corrected chi connectivity index (χ1v) is 21.5. The molecule has 1 aliphatic rings. The number of carbonyl (C=O) groups excluding carboxylic acids is 1. The highest BCUT2D eigenvalue weighted by atomic mass is 80.0. The summed E-state index contributed by atoms with van der Waals surface area (Å²) in [5, 5.41) is 12.5. The lowest BCUT2D eigenvalue weighted by Crippen LogP contribution is -2.23. The van der Waals surface area contributed by atoms with Gasteiger partial charge in [-0.05, 0) is 93.3 Å². The summed E-state index contributed by atoms with van der Waals surface area (Å²) in [5.74, 6) is 1.13. The van der Waals surface area contributed by atoms with Crippen LogP contribution >= 0.6 is 83.2 Å². The number of nitriles is 1. The standard InChI is InChI=1S/C22H19Br4NO3.C13H22NO3PS/c1-21(2)17(19(23)22(24,25)26)18(21)20(28)30-16(12-27)13-7-6-10-15(11-13)29-14-8-4-3-5-9-14;1-6-16-18(15,14-10(2)3)17-12-7-8-13(19-5)11(4)9-12/h3-11,16-19H,1-2H3;7-10H,6H2,1-5H3,(H,14,15)/t16-,17-,18+,19?;/m1./s1. The Kier molecular flexibility index (Phi) is 15.8. The lowest BCUT2D eigenvalue weighted by Gasteiger charge is -2.21. The summed E-state index contributed by atoms with van der Waals surface area (Å²) in [6.07, 6.45) is 1.01. The molecule has 0 amide bonds. The average molecular weight is 968 g/mol. The number of nitrogens with zero attached hydrogens (tertiary/aromatic N) is 1. The molecular weight excluding hydrogens is 927 g/mol. The number of hydrogen-bond acceptors (Lipinski definition) is 8. The summed E-state index contributed by atoms with van der Waals surface area (Å²) in [6.45, 7) is 12.0. The maximum Gasteiger partial charge on any atom is 0.458 e. The number of nitrogens with one attached hydrogen (secondary N) is 1. The van der Waals surface area contributed by atoms with Crippen molar-refractivity contribution >= 4 is 89.2 Å². The van der Waals surface area contributed by atoms with Gasteiger partial charge in [-0.2, -0.15) is 5.26 Å². The van der Waals surface area contributed by atoms with Crippen molar-refractivity contribution in [1.29, 1.82) is 5.26 Å². The Balaban J connectivity index is 0.000000295. The van der Waals surface area contributed by atoms with Gasteiger partial charge in [-0.1, -0.05) is 108 Å². The molecule has 0 bridgehead atoms. The van der Waals surface area contributed by atoms with E-state index < -0.39 is 16.0 Å². The van der Waals surface area contributed by atoms with Crippen LogP contribution in [0.2, 0.25) is 0 Å². The Bertz CT molecular complexity index is 1650. The van der Waals surface area contributed by atoms with E-state index in [1.54, 1.807) is 43.0 Å². The molecule has 2 unspecified atom stereocenters. The second kappa shape index (κ2) is 18.4. The van der Waals surface area contributed by atoms with E-state index >= 15 is 0 Å². The minimum Gasteiger partial charge on any atom is -0.457 e. The van der Waals surface area contributed by atoms with Gasteiger partial charge in [-0.3, -0.25) is 9.32 Å². The first kappa shape index (κ1) is 42.1. The summed E-state index contributed by atoms with van der Waals surface area (Å²) in [7, 11) is -3.30. The molecule has 3 aromatic rings. The van der Waals surface area contributed by atoms with Gasteiger partial charge in [0.15, 0.2) is 0 Å². The summed E-state index contributed by atoms with van der Waals surface area (Å²) in [5.41, 5.74) is 1.41. The molecule has 1 fully saturated rings. The van der Waals surface area contributed by atoms with E-state index in [-0.39, 0.29) is 34.1 Å². The Morgan fingerprint density at radius 2 is 1.69 bits per heavy atom. The number of rotatable bonds is 13. The molecule has 4 rings (SSSR count). The van der Waals surface area contributed by atoms with Gasteiger partial charge in [0.25, 0.3) is 0 Å². The molecule has 0 aliphatic heterocycles. The number of alkyl halides is 4. The zero-order valence-electron chi connectivity index (χ0n) is 28.3. The maximum atomic E-state index is 12.9. The van der Waals surface area contributed by atoms with Crippen LogP contribution in [0.1, 0.15) is 51.8 Å². The van der Waals surface area contributed by atoms with Crippen LogP contribution in [0.15, 0.2) is 77.7 Å². The van der Waals surface area contributed by atoms with Crippen LogP contribution in [-0.2, 0) is 18.6 Å². The fraction of sp³-hybridized carbons (Fsp3) is 0.429. The van der Waals surface area contributed by atoms with Crippen molar-refractivity contribution in [2.75, 3.05) is 12.9 Å². The Morgan fingerprint density at radius 1 is 1.04 bits per heavy atom. The molecule has 8 nitrogen and oxygen atoms in total. The molecule has 0 radical (unpaired) electrons. The van der Waals surface area contributed by atoms with Crippen LogP contribution in [0.3, 0.4) is 0 Å². The highest BCUT2D eigenvalue weighted by Crippen LogP contribution is 2.66. The normalized spacial score (nSPS) is 18.9. The van der Waals surface area contributed by atoms with Gasteiger partial charge in [-0.15, -0.1) is 11.8 Å². The maximum absolute atomic E-state index is 12.9. The lowest BCUT2D eigenvalue weighted by molar-refractivity contribution is -0.149. The lowest BCUT2D eigenvalue weighted by atomic mass is 10.1. The molecule has 0 saturated heterocycles. The average Bonchev–Trinajstić information content (AvgIpc) is 3.60. The Labute approximate surface area is 327 Å². The zero-order valence-corrected chi connectivity index (χ0v) is 36.3. The molecule has 1 saturated carbocycles. The van der Waals surface area contributed by atoms with Crippen LogP contribution in [-0.4, -0.2) is 31.8 Å². The van der Waals surface area contributed by atoms with Crippen LogP contribution < -0.4 is 14.3 Å².